The van der Waals surface area contributed by atoms with E-state index in [-0.39, 0.29) is 17.9 Å². The molecule has 1 aromatic carbocycles. The highest BCUT2D eigenvalue weighted by Crippen LogP contribution is 2.28. The van der Waals surface area contributed by atoms with Gasteiger partial charge in [0.1, 0.15) is 0 Å². The number of carbonyl (C=O) groups is 2. The van der Waals surface area contributed by atoms with Crippen molar-refractivity contribution in [3.63, 3.8) is 0 Å². The van der Waals surface area contributed by atoms with E-state index < -0.39 is 5.41 Å². The highest BCUT2D eigenvalue weighted by Gasteiger charge is 2.36. The zero-order valence-corrected chi connectivity index (χ0v) is 16.9. The molecule has 0 spiro atoms. The number of likely N-dealkylation sites (tertiary alicyclic amines) is 1. The second-order valence-corrected chi connectivity index (χ2v) is 8.64. The van der Waals surface area contributed by atoms with Crippen molar-refractivity contribution in [2.24, 2.45) is 5.92 Å². The Bertz CT molecular complexity index is 663. The molecule has 2 aliphatic heterocycles. The molecule has 2 heterocycles. The van der Waals surface area contributed by atoms with Crippen molar-refractivity contribution in [3.8, 4) is 0 Å². The monoisotopic (exact) mass is 371 g/mol. The van der Waals surface area contributed by atoms with Gasteiger partial charge in [0.15, 0.2) is 0 Å². The van der Waals surface area contributed by atoms with Crippen LogP contribution in [0.2, 0.25) is 0 Å². The summed E-state index contributed by atoms with van der Waals surface area (Å²) in [6.45, 7) is 9.20. The first-order valence-corrected chi connectivity index (χ1v) is 10.3. The van der Waals surface area contributed by atoms with Gasteiger partial charge in [-0.05, 0) is 64.5 Å². The molecule has 0 saturated carbocycles. The fraction of sp³-hybridized carbons (Fsp3) is 0.636. The molecule has 1 aromatic rings. The minimum absolute atomic E-state index is 0.0354. The van der Waals surface area contributed by atoms with E-state index in [2.05, 4.69) is 41.8 Å². The Morgan fingerprint density at radius 2 is 1.93 bits per heavy atom. The normalized spacial score (nSPS) is 23.3. The van der Waals surface area contributed by atoms with Gasteiger partial charge in [-0.3, -0.25) is 9.59 Å². The number of rotatable bonds is 5. The van der Waals surface area contributed by atoms with Crippen LogP contribution in [0.4, 0.5) is 0 Å². The number of nitrogens with zero attached hydrogens (tertiary/aromatic N) is 1. The van der Waals surface area contributed by atoms with Gasteiger partial charge in [-0.25, -0.2) is 0 Å². The van der Waals surface area contributed by atoms with E-state index in [0.29, 0.717) is 12.5 Å². The second-order valence-electron chi connectivity index (χ2n) is 8.64. The Hall–Kier alpha value is -1.88. The average Bonchev–Trinajstić information content (AvgIpc) is 3.21. The van der Waals surface area contributed by atoms with Crippen LogP contribution in [-0.4, -0.2) is 48.9 Å². The van der Waals surface area contributed by atoms with Crippen LogP contribution in [0.25, 0.3) is 0 Å². The summed E-state index contributed by atoms with van der Waals surface area (Å²) in [6, 6.07) is 8.21. The summed E-state index contributed by atoms with van der Waals surface area (Å²) in [6.07, 6.45) is 4.05. The summed E-state index contributed by atoms with van der Waals surface area (Å²) >= 11 is 0. The van der Waals surface area contributed by atoms with Crippen molar-refractivity contribution in [2.45, 2.75) is 57.9 Å². The van der Waals surface area contributed by atoms with E-state index in [1.54, 1.807) is 0 Å². The highest BCUT2D eigenvalue weighted by molar-refractivity contribution is 5.87. The molecule has 2 saturated heterocycles. The molecule has 2 unspecified atom stereocenters. The first kappa shape index (κ1) is 19.9. The molecule has 148 valence electrons. The van der Waals surface area contributed by atoms with Gasteiger partial charge in [-0.1, -0.05) is 29.8 Å². The fourth-order valence-electron chi connectivity index (χ4n) is 4.18. The van der Waals surface area contributed by atoms with Crippen molar-refractivity contribution in [3.05, 3.63) is 35.4 Å². The highest BCUT2D eigenvalue weighted by atomic mass is 16.2. The maximum atomic E-state index is 13.2. The number of carbonyl (C=O) groups excluding carboxylic acids is 2. The summed E-state index contributed by atoms with van der Waals surface area (Å²) in [7, 11) is 0. The quantitative estimate of drug-likeness (QED) is 0.835. The van der Waals surface area contributed by atoms with Crippen LogP contribution in [-0.2, 0) is 15.0 Å². The van der Waals surface area contributed by atoms with Crippen molar-refractivity contribution >= 4 is 11.8 Å². The number of amides is 2. The molecule has 2 atom stereocenters. The maximum Gasteiger partial charge on any atom is 0.237 e. The minimum Gasteiger partial charge on any atom is -0.354 e. The molecule has 2 N–H and O–H groups in total. The van der Waals surface area contributed by atoms with E-state index in [9.17, 15) is 9.59 Å². The van der Waals surface area contributed by atoms with Crippen LogP contribution in [0, 0.1) is 12.8 Å². The van der Waals surface area contributed by atoms with Gasteiger partial charge in [-0.2, -0.15) is 0 Å². The summed E-state index contributed by atoms with van der Waals surface area (Å²) in [5, 5.41) is 6.33. The molecule has 0 aromatic heterocycles. The SMILES string of the molecule is Cc1ccc(C(C)(C)C(=O)N2CCCC(CNC(=O)C3CCCN3)C2)cc1. The standard InChI is InChI=1S/C22H33N3O2/c1-16-8-10-18(11-9-16)22(2,3)21(27)25-13-5-6-17(15-25)14-24-20(26)19-7-4-12-23-19/h8-11,17,19,23H,4-7,12-15H2,1-3H3,(H,24,26). The van der Waals surface area contributed by atoms with Crippen LogP contribution in [0.15, 0.2) is 24.3 Å². The first-order chi connectivity index (χ1) is 12.9. The van der Waals surface area contributed by atoms with Crippen molar-refractivity contribution in [2.75, 3.05) is 26.2 Å². The second kappa shape index (κ2) is 8.42. The molecule has 0 radical (unpaired) electrons. The zero-order valence-electron chi connectivity index (χ0n) is 16.9. The Labute approximate surface area is 162 Å². The average molecular weight is 372 g/mol. The Morgan fingerprint density at radius 3 is 2.59 bits per heavy atom. The largest absolute Gasteiger partial charge is 0.354 e. The molecule has 2 fully saturated rings. The van der Waals surface area contributed by atoms with E-state index in [1.807, 2.05) is 18.7 Å². The summed E-state index contributed by atoms with van der Waals surface area (Å²) in [5.74, 6) is 0.623. The lowest BCUT2D eigenvalue weighted by atomic mass is 9.82. The Kier molecular flexibility index (Phi) is 6.20. The fourth-order valence-corrected chi connectivity index (χ4v) is 4.18. The van der Waals surface area contributed by atoms with Crippen molar-refractivity contribution in [1.82, 2.24) is 15.5 Å². The number of nitrogens with one attached hydrogen (secondary N) is 2. The van der Waals surface area contributed by atoms with Crippen molar-refractivity contribution in [1.29, 1.82) is 0 Å². The summed E-state index contributed by atoms with van der Waals surface area (Å²) in [5.41, 5.74) is 1.72. The maximum absolute atomic E-state index is 13.2. The molecular formula is C22H33N3O2. The smallest absolute Gasteiger partial charge is 0.237 e. The van der Waals surface area contributed by atoms with Gasteiger partial charge in [0.25, 0.3) is 0 Å². The van der Waals surface area contributed by atoms with Crippen molar-refractivity contribution < 1.29 is 9.59 Å². The third-order valence-electron chi connectivity index (χ3n) is 6.06. The van der Waals surface area contributed by atoms with E-state index in [4.69, 9.17) is 0 Å². The summed E-state index contributed by atoms with van der Waals surface area (Å²) in [4.78, 5) is 27.4. The van der Waals surface area contributed by atoms with Crippen LogP contribution in [0.5, 0.6) is 0 Å². The molecule has 2 amide bonds. The zero-order chi connectivity index (χ0) is 19.4. The van der Waals surface area contributed by atoms with Gasteiger partial charge in [0.2, 0.25) is 11.8 Å². The van der Waals surface area contributed by atoms with Gasteiger partial charge in [-0.15, -0.1) is 0 Å². The van der Waals surface area contributed by atoms with Crippen LogP contribution >= 0.6 is 0 Å². The lowest BCUT2D eigenvalue weighted by Crippen LogP contribution is -2.50. The lowest BCUT2D eigenvalue weighted by molar-refractivity contribution is -0.138. The number of hydrogen-bond donors (Lipinski definition) is 2. The topological polar surface area (TPSA) is 61.4 Å². The molecule has 5 heteroatoms. The molecule has 0 bridgehead atoms. The Balaban J connectivity index is 1.57. The van der Waals surface area contributed by atoms with E-state index >= 15 is 0 Å². The van der Waals surface area contributed by atoms with Gasteiger partial charge in [0, 0.05) is 19.6 Å². The van der Waals surface area contributed by atoms with E-state index in [1.165, 1.54) is 5.56 Å². The third-order valence-corrected chi connectivity index (χ3v) is 6.06. The summed E-state index contributed by atoms with van der Waals surface area (Å²) < 4.78 is 0. The Morgan fingerprint density at radius 1 is 1.19 bits per heavy atom. The molecule has 5 nitrogen and oxygen atoms in total. The van der Waals surface area contributed by atoms with Crippen LogP contribution in [0.3, 0.4) is 0 Å². The van der Waals surface area contributed by atoms with E-state index in [0.717, 1.165) is 50.9 Å². The molecule has 27 heavy (non-hydrogen) atoms. The number of aryl methyl sites for hydroxylation is 1. The minimum atomic E-state index is -0.535. The molecular weight excluding hydrogens is 338 g/mol. The van der Waals surface area contributed by atoms with Crippen LogP contribution in [0.1, 0.15) is 50.7 Å². The lowest BCUT2D eigenvalue weighted by Gasteiger charge is -2.38. The third kappa shape index (κ3) is 4.70. The van der Waals surface area contributed by atoms with Crippen LogP contribution < -0.4 is 10.6 Å². The predicted molar refractivity (Wildman–Crippen MR) is 108 cm³/mol. The molecule has 0 aliphatic carbocycles. The first-order valence-electron chi connectivity index (χ1n) is 10.3. The number of benzene rings is 1. The number of hydrogen-bond acceptors (Lipinski definition) is 3. The predicted octanol–water partition coefficient (Wildman–Crippen LogP) is 2.38. The molecule has 3 rings (SSSR count). The van der Waals surface area contributed by atoms with Gasteiger partial charge >= 0.3 is 0 Å². The number of piperidine rings is 1. The van der Waals surface area contributed by atoms with Gasteiger partial charge < -0.3 is 15.5 Å². The molecule has 2 aliphatic rings. The van der Waals surface area contributed by atoms with Gasteiger partial charge in [0.05, 0.1) is 11.5 Å².